The molecule has 386 valence electrons. The highest BCUT2D eigenvalue weighted by Gasteiger charge is 2.46. The van der Waals surface area contributed by atoms with Crippen LogP contribution in [0, 0.1) is 10.8 Å². The van der Waals surface area contributed by atoms with Gasteiger partial charge in [0, 0.05) is 39.1 Å². The van der Waals surface area contributed by atoms with Crippen LogP contribution in [0.15, 0.2) is 48.5 Å². The molecule has 6 rings (SSSR count). The summed E-state index contributed by atoms with van der Waals surface area (Å²) in [4.78, 5) is 85.5. The van der Waals surface area contributed by atoms with Crippen molar-refractivity contribution in [2.45, 2.75) is 180 Å². The molecule has 16 nitrogen and oxygen atoms in total. The van der Waals surface area contributed by atoms with E-state index in [1.165, 1.54) is 0 Å². The van der Waals surface area contributed by atoms with Crippen molar-refractivity contribution < 1.29 is 38.2 Å². The number of fused-ring (bicyclic) bond motifs is 2. The summed E-state index contributed by atoms with van der Waals surface area (Å²) in [7, 11) is 3.40. The molecule has 0 saturated carbocycles. The average Bonchev–Trinajstić information content (AvgIpc) is 4.15. The molecule has 0 aromatic heterocycles. The molecule has 0 radical (unpaired) electrons. The third kappa shape index (κ3) is 13.1. The van der Waals surface area contributed by atoms with E-state index in [9.17, 15) is 28.8 Å². The van der Waals surface area contributed by atoms with Crippen LogP contribution < -0.4 is 31.9 Å². The zero-order valence-electron chi connectivity index (χ0n) is 43.5. The van der Waals surface area contributed by atoms with Crippen molar-refractivity contribution in [1.82, 2.24) is 41.7 Å². The number of rotatable bonds is 21. The maximum Gasteiger partial charge on any atom is 0.246 e. The van der Waals surface area contributed by atoms with E-state index < -0.39 is 47.1 Å². The Labute approximate surface area is 416 Å². The predicted octanol–water partition coefficient (Wildman–Crippen LogP) is 4.40. The topological polar surface area (TPSA) is 200 Å². The van der Waals surface area contributed by atoms with E-state index in [2.05, 4.69) is 44.0 Å². The molecule has 0 bridgehead atoms. The van der Waals surface area contributed by atoms with Gasteiger partial charge >= 0.3 is 0 Å². The maximum absolute atomic E-state index is 14.1. The molecule has 2 fully saturated rings. The Kier molecular flexibility index (Phi) is 18.7. The fourth-order valence-electron chi connectivity index (χ4n) is 10.3. The molecule has 4 aliphatic rings. The molecule has 2 aliphatic carbocycles. The molecule has 2 heterocycles. The van der Waals surface area contributed by atoms with Crippen molar-refractivity contribution in [1.29, 1.82) is 0 Å². The molecule has 6 N–H and O–H groups in total. The molecule has 2 saturated heterocycles. The van der Waals surface area contributed by atoms with Gasteiger partial charge in [-0.2, -0.15) is 0 Å². The van der Waals surface area contributed by atoms with Gasteiger partial charge in [-0.15, -0.1) is 0 Å². The Morgan fingerprint density at radius 2 is 0.957 bits per heavy atom. The van der Waals surface area contributed by atoms with E-state index in [1.54, 1.807) is 37.7 Å². The van der Waals surface area contributed by atoms with Crippen LogP contribution in [0.4, 0.5) is 0 Å². The number of ether oxygens (including phenoxy) is 2. The van der Waals surface area contributed by atoms with Gasteiger partial charge in [0.1, 0.15) is 24.2 Å². The molecule has 2 aromatic carbocycles. The van der Waals surface area contributed by atoms with Crippen molar-refractivity contribution >= 4 is 35.4 Å². The number of hydrogen-bond donors (Lipinski definition) is 6. The van der Waals surface area contributed by atoms with E-state index in [0.29, 0.717) is 64.8 Å². The van der Waals surface area contributed by atoms with Crippen molar-refractivity contribution in [3.8, 4) is 0 Å². The number of benzene rings is 2. The normalized spacial score (nSPS) is 23.7. The highest BCUT2D eigenvalue weighted by atomic mass is 16.5. The van der Waals surface area contributed by atoms with Crippen LogP contribution in [-0.4, -0.2) is 134 Å². The van der Waals surface area contributed by atoms with Crippen molar-refractivity contribution in [2.75, 3.05) is 40.4 Å². The van der Waals surface area contributed by atoms with Gasteiger partial charge in [0.2, 0.25) is 35.4 Å². The second kappa shape index (κ2) is 24.0. The van der Waals surface area contributed by atoms with Crippen LogP contribution in [0.25, 0.3) is 0 Å². The van der Waals surface area contributed by atoms with Gasteiger partial charge in [0.25, 0.3) is 0 Å². The Bertz CT molecular complexity index is 2010. The molecule has 2 aromatic rings. The smallest absolute Gasteiger partial charge is 0.246 e. The first kappa shape index (κ1) is 54.4. The van der Waals surface area contributed by atoms with Gasteiger partial charge in [-0.1, -0.05) is 103 Å². The first-order valence-electron chi connectivity index (χ1n) is 25.8. The zero-order valence-corrected chi connectivity index (χ0v) is 43.5. The van der Waals surface area contributed by atoms with E-state index >= 15 is 0 Å². The summed E-state index contributed by atoms with van der Waals surface area (Å²) >= 11 is 0. The quantitative estimate of drug-likeness (QED) is 0.0976. The van der Waals surface area contributed by atoms with Gasteiger partial charge in [-0.25, -0.2) is 0 Å². The minimum atomic E-state index is -0.792. The lowest BCUT2D eigenvalue weighted by Gasteiger charge is -2.36. The molecule has 16 heteroatoms. The number of amides is 6. The van der Waals surface area contributed by atoms with Crippen molar-refractivity contribution in [3.05, 3.63) is 70.8 Å². The largest absolute Gasteiger partial charge is 0.375 e. The SMILES string of the molecule is CN[C@@H](C)C(=O)N[C@H](C(=O)N1CCC[C@H]1C(=O)N[C@H]1c2ccccc2C[C@H]1OCCCCCCO[C@@H]1Cc2ccccc2[C@@H]1NC(=O)[C@@H]1CCCN1C(=O)[C@@H](NC(=O)[C@H](C)NC)C(C)(C)C)C(C)(C)C. The fourth-order valence-corrected chi connectivity index (χ4v) is 10.3. The Morgan fingerprint density at radius 1 is 0.586 bits per heavy atom. The Balaban J connectivity index is 0.984. The molecule has 6 amide bonds. The molecule has 2 aliphatic heterocycles. The summed E-state index contributed by atoms with van der Waals surface area (Å²) in [5.74, 6) is -1.45. The van der Waals surface area contributed by atoms with Gasteiger partial charge in [0.15, 0.2) is 0 Å². The van der Waals surface area contributed by atoms with Gasteiger partial charge in [-0.3, -0.25) is 28.8 Å². The summed E-state index contributed by atoms with van der Waals surface area (Å²) in [6.45, 7) is 17.0. The summed E-state index contributed by atoms with van der Waals surface area (Å²) < 4.78 is 13.1. The molecule has 10 atom stereocenters. The van der Waals surface area contributed by atoms with Crippen molar-refractivity contribution in [3.63, 3.8) is 0 Å². The molecule has 0 unspecified atom stereocenters. The summed E-state index contributed by atoms with van der Waals surface area (Å²) in [5, 5.41) is 18.3. The highest BCUT2D eigenvalue weighted by molar-refractivity contribution is 5.95. The summed E-state index contributed by atoms with van der Waals surface area (Å²) in [5.41, 5.74) is 3.19. The van der Waals surface area contributed by atoms with E-state index in [-0.39, 0.29) is 59.7 Å². The van der Waals surface area contributed by atoms with Crippen LogP contribution in [-0.2, 0) is 51.1 Å². The first-order chi connectivity index (χ1) is 33.2. The second-order valence-electron chi connectivity index (χ2n) is 22.0. The lowest BCUT2D eigenvalue weighted by molar-refractivity contribution is -0.144. The van der Waals surface area contributed by atoms with Crippen LogP contribution in [0.5, 0.6) is 0 Å². The number of nitrogens with zero attached hydrogens (tertiary/aromatic N) is 2. The summed E-state index contributed by atoms with van der Waals surface area (Å²) in [6.07, 6.45) is 6.85. The fraction of sp³-hybridized carbons (Fsp3) is 0.667. The zero-order chi connectivity index (χ0) is 50.9. The van der Waals surface area contributed by atoms with E-state index in [0.717, 1.165) is 47.9 Å². The molecular formula is C54H82N8O8. The van der Waals surface area contributed by atoms with E-state index in [1.807, 2.05) is 77.9 Å². The van der Waals surface area contributed by atoms with E-state index in [4.69, 9.17) is 9.47 Å². The van der Waals surface area contributed by atoms with Crippen LogP contribution in [0.3, 0.4) is 0 Å². The number of hydrogen-bond acceptors (Lipinski definition) is 10. The molecular weight excluding hydrogens is 889 g/mol. The second-order valence-corrected chi connectivity index (χ2v) is 22.0. The molecule has 0 spiro atoms. The van der Waals surface area contributed by atoms with Gasteiger partial charge in [0.05, 0.1) is 36.4 Å². The van der Waals surface area contributed by atoms with Gasteiger partial charge in [-0.05, 0) is 99.6 Å². The minimum Gasteiger partial charge on any atom is -0.375 e. The number of likely N-dealkylation sites (N-methyl/N-ethyl adjacent to an activating group) is 2. The number of carbonyl (C=O) groups excluding carboxylic acids is 6. The van der Waals surface area contributed by atoms with Crippen LogP contribution in [0.2, 0.25) is 0 Å². The van der Waals surface area contributed by atoms with Gasteiger partial charge < -0.3 is 51.2 Å². The lowest BCUT2D eigenvalue weighted by Crippen LogP contribution is -2.59. The number of nitrogens with one attached hydrogen (secondary N) is 6. The number of carbonyl (C=O) groups is 6. The summed E-state index contributed by atoms with van der Waals surface area (Å²) in [6, 6.07) is 11.7. The standard InChI is InChI=1S/C54H82N8O8/c1-33(55-9)47(63)59-45(53(3,4)5)51(67)61-27-19-25-39(61)49(65)57-43-37-23-15-13-21-35(37)31-41(43)69-29-17-11-12-18-30-70-42-32-36-22-14-16-24-38(36)44(42)58-50(66)40-26-20-28-62(40)52(68)46(54(6,7)8)60-48(64)34(2)56-10/h13-16,21-24,33-34,39-46,55-56H,11-12,17-20,25-32H2,1-10H3,(H,57,65)(H,58,66)(H,59,63)(H,60,64)/t33-,34-,39-,40-,41+,42+,43-,44-,45+,46+/m0/s1. The Morgan fingerprint density at radius 3 is 1.31 bits per heavy atom. The highest BCUT2D eigenvalue weighted by Crippen LogP contribution is 2.36. The average molecular weight is 971 g/mol. The molecule has 70 heavy (non-hydrogen) atoms. The number of unbranched alkanes of at least 4 members (excludes halogenated alkanes) is 3. The number of likely N-dealkylation sites (tertiary alicyclic amines) is 2. The van der Waals surface area contributed by atoms with Crippen LogP contribution in [0.1, 0.15) is 141 Å². The first-order valence-corrected chi connectivity index (χ1v) is 25.8. The maximum atomic E-state index is 14.1. The lowest BCUT2D eigenvalue weighted by atomic mass is 9.85. The minimum absolute atomic E-state index is 0.210. The third-order valence-corrected chi connectivity index (χ3v) is 14.8. The Hall–Kier alpha value is -4.90. The monoisotopic (exact) mass is 971 g/mol. The van der Waals surface area contributed by atoms with Crippen LogP contribution >= 0.6 is 0 Å². The predicted molar refractivity (Wildman–Crippen MR) is 269 cm³/mol. The van der Waals surface area contributed by atoms with Crippen molar-refractivity contribution in [2.24, 2.45) is 10.8 Å². The third-order valence-electron chi connectivity index (χ3n) is 14.8.